The van der Waals surface area contributed by atoms with Crippen molar-refractivity contribution in [3.63, 3.8) is 0 Å². The Bertz CT molecular complexity index is 2220. The Morgan fingerprint density at radius 3 is 2.54 bits per heavy atom. The number of rotatable bonds is 15. The second-order valence-corrected chi connectivity index (χ2v) is 16.1. The molecule has 5 aromatic rings. The predicted molar refractivity (Wildman–Crippen MR) is 204 cm³/mol. The highest BCUT2D eigenvalue weighted by atomic mass is 32.2. The lowest BCUT2D eigenvalue weighted by Crippen LogP contribution is -2.37. The molecule has 0 amide bonds. The summed E-state index contributed by atoms with van der Waals surface area (Å²) in [6.45, 7) is 16.2. The van der Waals surface area contributed by atoms with Crippen molar-refractivity contribution in [2.75, 3.05) is 26.4 Å². The van der Waals surface area contributed by atoms with Gasteiger partial charge in [-0.1, -0.05) is 50.3 Å². The SMILES string of the molecule is CCOCCOc1ncc(CC(=O)C(C)(C)[C@@H](c2ccc(C)c(CN3C[C@@H](CC)Oc4ncccc4S3(=O)=O)c2)c2ccc3c(nnn3CC)c2C)cn1. The van der Waals surface area contributed by atoms with Gasteiger partial charge < -0.3 is 14.2 Å². The standard InChI is InChI=1S/C40H49N7O6S/c1-8-31-25-46(54(49,50)34-12-11-17-41-38(34)53-31)24-30-21-29(14-13-26(30)4)36(32-15-16-33-37(27(32)5)44-45-47(33)9-2)40(6,7)35(48)20-28-22-42-39(43-23-28)52-19-18-51-10-3/h11-17,21-23,31,36H,8-10,18-20,24-25H2,1-7H3/t31-,36+/m1/s1. The Hall–Kier alpha value is -4.79. The number of sulfonamides is 1. The zero-order valence-corrected chi connectivity index (χ0v) is 32.9. The summed E-state index contributed by atoms with van der Waals surface area (Å²) in [5.41, 5.74) is 5.92. The van der Waals surface area contributed by atoms with Gasteiger partial charge in [0.05, 0.1) is 18.7 Å². The fourth-order valence-electron chi connectivity index (χ4n) is 7.05. The third-order valence-electron chi connectivity index (χ3n) is 10.3. The Kier molecular flexibility index (Phi) is 11.7. The number of nitrogens with zero attached hydrogens (tertiary/aromatic N) is 7. The number of aryl methyl sites for hydroxylation is 3. The molecular formula is C40H49N7O6S. The predicted octanol–water partition coefficient (Wildman–Crippen LogP) is 6.00. The highest BCUT2D eigenvalue weighted by Gasteiger charge is 2.40. The van der Waals surface area contributed by atoms with Crippen molar-refractivity contribution in [2.45, 2.75) is 91.3 Å². The number of hydrogen-bond acceptors (Lipinski definition) is 11. The summed E-state index contributed by atoms with van der Waals surface area (Å²) in [5.74, 6) is -0.320. The molecule has 0 spiro atoms. The third-order valence-corrected chi connectivity index (χ3v) is 12.1. The molecule has 0 bridgehead atoms. The maximum Gasteiger partial charge on any atom is 0.316 e. The summed E-state index contributed by atoms with van der Waals surface area (Å²) >= 11 is 0. The van der Waals surface area contributed by atoms with Crippen LogP contribution in [0.4, 0.5) is 0 Å². The van der Waals surface area contributed by atoms with Gasteiger partial charge in [0.25, 0.3) is 0 Å². The normalized spacial score (nSPS) is 16.4. The molecule has 0 N–H and O–H groups in total. The van der Waals surface area contributed by atoms with Gasteiger partial charge in [-0.2, -0.15) is 4.31 Å². The van der Waals surface area contributed by atoms with Crippen LogP contribution in [-0.2, 0) is 39.1 Å². The van der Waals surface area contributed by atoms with E-state index in [4.69, 9.17) is 14.2 Å². The van der Waals surface area contributed by atoms with E-state index in [1.165, 1.54) is 16.6 Å². The molecule has 2 aromatic carbocycles. The summed E-state index contributed by atoms with van der Waals surface area (Å²) in [4.78, 5) is 27.5. The first-order valence-corrected chi connectivity index (χ1v) is 19.9. The van der Waals surface area contributed by atoms with Crippen LogP contribution >= 0.6 is 0 Å². The van der Waals surface area contributed by atoms with Gasteiger partial charge >= 0.3 is 6.01 Å². The number of carbonyl (C=O) groups excluding carboxylic acids is 1. The van der Waals surface area contributed by atoms with Crippen molar-refractivity contribution in [3.05, 3.63) is 94.4 Å². The number of benzene rings is 2. The summed E-state index contributed by atoms with van der Waals surface area (Å²) in [6, 6.07) is 13.5. The number of fused-ring (bicyclic) bond motifs is 2. The Balaban J connectivity index is 1.38. The molecule has 6 rings (SSSR count). The lowest BCUT2D eigenvalue weighted by Gasteiger charge is -2.35. The quantitative estimate of drug-likeness (QED) is 0.116. The molecule has 0 saturated carbocycles. The van der Waals surface area contributed by atoms with Crippen LogP contribution in [0.3, 0.4) is 0 Å². The van der Waals surface area contributed by atoms with Crippen LogP contribution in [-0.4, -0.2) is 80.9 Å². The van der Waals surface area contributed by atoms with Crippen molar-refractivity contribution in [2.24, 2.45) is 5.41 Å². The maximum absolute atomic E-state index is 14.5. The summed E-state index contributed by atoms with van der Waals surface area (Å²) in [5, 5.41) is 8.90. The van der Waals surface area contributed by atoms with Crippen molar-refractivity contribution in [1.29, 1.82) is 0 Å². The fourth-order valence-corrected chi connectivity index (χ4v) is 8.57. The fraction of sp³-hybridized carbons (Fsp3) is 0.450. The first-order valence-electron chi connectivity index (χ1n) is 18.5. The molecule has 3 aromatic heterocycles. The molecule has 14 heteroatoms. The minimum absolute atomic E-state index is 0.0120. The second kappa shape index (κ2) is 16.3. The number of hydrogen-bond donors (Lipinski definition) is 0. The molecule has 286 valence electrons. The number of ether oxygens (including phenoxy) is 3. The largest absolute Gasteiger partial charge is 0.472 e. The zero-order valence-electron chi connectivity index (χ0n) is 32.1. The van der Waals surface area contributed by atoms with Gasteiger partial charge in [0, 0.05) is 56.0 Å². The van der Waals surface area contributed by atoms with Crippen LogP contribution in [0.5, 0.6) is 11.9 Å². The average molecular weight is 756 g/mol. The summed E-state index contributed by atoms with van der Waals surface area (Å²) in [6.07, 6.45) is 5.13. The number of pyridine rings is 1. The Morgan fingerprint density at radius 1 is 1.04 bits per heavy atom. The van der Waals surface area contributed by atoms with Crippen molar-refractivity contribution >= 4 is 26.8 Å². The highest BCUT2D eigenvalue weighted by molar-refractivity contribution is 7.89. The van der Waals surface area contributed by atoms with E-state index in [1.807, 2.05) is 77.4 Å². The minimum atomic E-state index is -3.93. The molecule has 0 unspecified atom stereocenters. The average Bonchev–Trinajstić information content (AvgIpc) is 3.55. The zero-order chi connectivity index (χ0) is 38.6. The third kappa shape index (κ3) is 7.87. The van der Waals surface area contributed by atoms with E-state index in [0.717, 1.165) is 38.9 Å². The van der Waals surface area contributed by atoms with Crippen molar-refractivity contribution < 1.29 is 27.4 Å². The number of ketones is 1. The molecule has 1 aliphatic rings. The molecule has 4 heterocycles. The van der Waals surface area contributed by atoms with E-state index < -0.39 is 21.4 Å². The Morgan fingerprint density at radius 2 is 1.81 bits per heavy atom. The van der Waals surface area contributed by atoms with E-state index in [0.29, 0.717) is 38.3 Å². The minimum Gasteiger partial charge on any atom is -0.472 e. The monoisotopic (exact) mass is 755 g/mol. The van der Waals surface area contributed by atoms with Gasteiger partial charge in [-0.25, -0.2) is 28.1 Å². The number of aromatic nitrogens is 6. The van der Waals surface area contributed by atoms with Crippen LogP contribution in [0.1, 0.15) is 80.3 Å². The van der Waals surface area contributed by atoms with Gasteiger partial charge in [-0.15, -0.1) is 5.10 Å². The topological polar surface area (TPSA) is 152 Å². The second-order valence-electron chi connectivity index (χ2n) is 14.2. The Labute approximate surface area is 317 Å². The number of carbonyl (C=O) groups is 1. The van der Waals surface area contributed by atoms with Crippen molar-refractivity contribution in [3.8, 4) is 11.9 Å². The summed E-state index contributed by atoms with van der Waals surface area (Å²) in [7, 11) is -3.93. The molecule has 0 saturated heterocycles. The smallest absolute Gasteiger partial charge is 0.316 e. The first-order chi connectivity index (χ1) is 25.9. The van der Waals surface area contributed by atoms with Gasteiger partial charge in [0.15, 0.2) is 0 Å². The van der Waals surface area contributed by atoms with Crippen LogP contribution in [0.25, 0.3) is 11.0 Å². The van der Waals surface area contributed by atoms with E-state index in [9.17, 15) is 13.2 Å². The maximum atomic E-state index is 14.5. The van der Waals surface area contributed by atoms with E-state index in [-0.39, 0.29) is 48.2 Å². The lowest BCUT2D eigenvalue weighted by atomic mass is 9.66. The van der Waals surface area contributed by atoms with Gasteiger partial charge in [0.2, 0.25) is 15.9 Å². The van der Waals surface area contributed by atoms with Gasteiger partial charge in [0.1, 0.15) is 28.9 Å². The van der Waals surface area contributed by atoms with Crippen LogP contribution in [0.2, 0.25) is 0 Å². The lowest BCUT2D eigenvalue weighted by molar-refractivity contribution is -0.127. The van der Waals surface area contributed by atoms with E-state index in [2.05, 4.69) is 31.3 Å². The molecule has 0 radical (unpaired) electrons. The van der Waals surface area contributed by atoms with Crippen molar-refractivity contribution in [1.82, 2.24) is 34.3 Å². The van der Waals surface area contributed by atoms with Gasteiger partial charge in [-0.3, -0.25) is 4.79 Å². The molecule has 0 fully saturated rings. The molecule has 13 nitrogen and oxygen atoms in total. The van der Waals surface area contributed by atoms with Crippen LogP contribution in [0, 0.1) is 19.3 Å². The van der Waals surface area contributed by atoms with E-state index >= 15 is 0 Å². The molecular weight excluding hydrogens is 707 g/mol. The molecule has 2 atom stereocenters. The molecule has 54 heavy (non-hydrogen) atoms. The van der Waals surface area contributed by atoms with Crippen LogP contribution in [0.15, 0.2) is 66.0 Å². The summed E-state index contributed by atoms with van der Waals surface area (Å²) < 4.78 is 48.5. The molecule has 1 aliphatic heterocycles. The highest BCUT2D eigenvalue weighted by Crippen LogP contribution is 2.45. The van der Waals surface area contributed by atoms with Gasteiger partial charge in [-0.05, 0) is 85.7 Å². The van der Waals surface area contributed by atoms with Crippen LogP contribution < -0.4 is 9.47 Å². The molecule has 0 aliphatic carbocycles. The van der Waals surface area contributed by atoms with E-state index in [1.54, 1.807) is 18.5 Å². The first kappa shape index (κ1) is 38.9. The number of Topliss-reactive ketones (excluding diaryl/α,β-unsaturated/α-hetero) is 1.